The van der Waals surface area contributed by atoms with E-state index in [4.69, 9.17) is 26.0 Å². The molecule has 1 aromatic heterocycles. The first-order valence-corrected chi connectivity index (χ1v) is 5.33. The van der Waals surface area contributed by atoms with Crippen LogP contribution in [0.15, 0.2) is 12.4 Å². The second-order valence-corrected chi connectivity index (χ2v) is 4.87. The maximum atomic E-state index is 9.10. The van der Waals surface area contributed by atoms with Crippen LogP contribution in [0.3, 0.4) is 0 Å². The summed E-state index contributed by atoms with van der Waals surface area (Å²) in [4.78, 5) is 7.09. The number of hydrogen-bond donors (Lipinski definition) is 5. The molecule has 7 nitrogen and oxygen atoms in total. The van der Waals surface area contributed by atoms with Crippen LogP contribution in [-0.4, -0.2) is 48.5 Å². The number of nitrogens with two attached hydrogens (primary N) is 1. The number of rotatable bonds is 2. The smallest absolute Gasteiger partial charge is 0.423 e. The molecule has 0 radical (unpaired) electrons. The van der Waals surface area contributed by atoms with Crippen LogP contribution in [-0.2, 0) is 0 Å². The van der Waals surface area contributed by atoms with Crippen LogP contribution in [0, 0.1) is 0 Å². The van der Waals surface area contributed by atoms with Crippen LogP contribution < -0.4 is 11.2 Å². The van der Waals surface area contributed by atoms with E-state index in [9.17, 15) is 0 Å². The van der Waals surface area contributed by atoms with Crippen molar-refractivity contribution < 1.29 is 20.3 Å². The maximum absolute atomic E-state index is 9.10. The zero-order valence-electron chi connectivity index (χ0n) is 11.0. The Balaban J connectivity index is 0.000000331. The lowest BCUT2D eigenvalue weighted by molar-refractivity contribution is -0.107. The molecule has 1 heterocycles. The van der Waals surface area contributed by atoms with Crippen LogP contribution in [0.25, 0.3) is 0 Å². The quantitative estimate of drug-likeness (QED) is 0.397. The van der Waals surface area contributed by atoms with Gasteiger partial charge < -0.3 is 26.0 Å². The van der Waals surface area contributed by atoms with E-state index in [1.165, 1.54) is 12.4 Å². The number of aromatic nitrogens is 2. The zero-order chi connectivity index (χ0) is 14.6. The third kappa shape index (κ3) is 5.92. The van der Waals surface area contributed by atoms with Crippen LogP contribution in [0.1, 0.15) is 27.7 Å². The second-order valence-electron chi connectivity index (χ2n) is 4.87. The SMILES string of the molecule is CC(C)(O)C(C)(C)O.Nc1ncc(B(O)O)cn1. The lowest BCUT2D eigenvalue weighted by atomic mass is 9.83. The summed E-state index contributed by atoms with van der Waals surface area (Å²) in [6.07, 6.45) is 2.51. The van der Waals surface area contributed by atoms with Crippen LogP contribution in [0.5, 0.6) is 0 Å². The number of nitrogens with zero attached hydrogens (tertiary/aromatic N) is 2. The Labute approximate surface area is 106 Å². The Kier molecular flexibility index (Phi) is 5.69. The molecule has 6 N–H and O–H groups in total. The number of aliphatic hydroxyl groups is 2. The van der Waals surface area contributed by atoms with Gasteiger partial charge in [0.1, 0.15) is 0 Å². The van der Waals surface area contributed by atoms with Gasteiger partial charge in [-0.2, -0.15) is 0 Å². The zero-order valence-corrected chi connectivity index (χ0v) is 11.0. The van der Waals surface area contributed by atoms with Crippen molar-refractivity contribution in [2.45, 2.75) is 38.9 Å². The predicted molar refractivity (Wildman–Crippen MR) is 68.9 cm³/mol. The number of nitrogen functional groups attached to an aromatic ring is 1. The van der Waals surface area contributed by atoms with Gasteiger partial charge in [0.2, 0.25) is 5.95 Å². The molecule has 0 aromatic carbocycles. The van der Waals surface area contributed by atoms with Crippen molar-refractivity contribution in [3.8, 4) is 0 Å². The van der Waals surface area contributed by atoms with Gasteiger partial charge in [0.15, 0.2) is 0 Å². The summed E-state index contributed by atoms with van der Waals surface area (Å²) in [6, 6.07) is 0. The third-order valence-corrected chi connectivity index (χ3v) is 2.49. The minimum absolute atomic E-state index is 0.115. The summed E-state index contributed by atoms with van der Waals surface area (Å²) in [5, 5.41) is 35.3. The summed E-state index contributed by atoms with van der Waals surface area (Å²) in [5.41, 5.74) is 3.36. The van der Waals surface area contributed by atoms with Crippen LogP contribution >= 0.6 is 0 Å². The molecule has 0 aliphatic carbocycles. The molecule has 0 saturated heterocycles. The molecule has 0 aliphatic heterocycles. The lowest BCUT2D eigenvalue weighted by Crippen LogP contribution is -2.44. The van der Waals surface area contributed by atoms with Crippen molar-refractivity contribution in [2.75, 3.05) is 5.73 Å². The van der Waals surface area contributed by atoms with E-state index < -0.39 is 18.3 Å². The molecule has 1 rings (SSSR count). The summed E-state index contributed by atoms with van der Waals surface area (Å²) in [7, 11) is -1.53. The fourth-order valence-corrected chi connectivity index (χ4v) is 0.481. The van der Waals surface area contributed by atoms with Crippen molar-refractivity contribution in [2.24, 2.45) is 0 Å². The minimum Gasteiger partial charge on any atom is -0.423 e. The van der Waals surface area contributed by atoms with Gasteiger partial charge in [0, 0.05) is 17.9 Å². The van der Waals surface area contributed by atoms with Crippen molar-refractivity contribution in [1.82, 2.24) is 9.97 Å². The predicted octanol–water partition coefficient (Wildman–Crippen LogP) is -1.73. The molecule has 0 bridgehead atoms. The molecule has 1 aromatic rings. The van der Waals surface area contributed by atoms with E-state index in [1.54, 1.807) is 27.7 Å². The maximum Gasteiger partial charge on any atom is 0.491 e. The largest absolute Gasteiger partial charge is 0.491 e. The van der Waals surface area contributed by atoms with Crippen LogP contribution in [0.2, 0.25) is 0 Å². The second kappa shape index (κ2) is 6.10. The van der Waals surface area contributed by atoms with Gasteiger partial charge in [-0.25, -0.2) is 9.97 Å². The molecule has 0 fully saturated rings. The van der Waals surface area contributed by atoms with Crippen molar-refractivity contribution in [3.63, 3.8) is 0 Å². The molecule has 0 aliphatic rings. The normalized spacial score (nSPS) is 11.6. The highest BCUT2D eigenvalue weighted by molar-refractivity contribution is 6.58. The van der Waals surface area contributed by atoms with E-state index in [-0.39, 0.29) is 11.4 Å². The lowest BCUT2D eigenvalue weighted by Gasteiger charge is -2.31. The molecule has 18 heavy (non-hydrogen) atoms. The summed E-state index contributed by atoms with van der Waals surface area (Å²) >= 11 is 0. The molecular weight excluding hydrogens is 237 g/mol. The molecule has 0 atom stereocenters. The molecular formula is C10H20BN3O4. The molecule has 0 unspecified atom stereocenters. The molecule has 0 amide bonds. The first kappa shape index (κ1) is 16.8. The Hall–Kier alpha value is -1.22. The standard InChI is InChI=1S/C6H14O2.C4H6BN3O2/c1-5(2,7)6(3,4)8;6-4-7-1-3(2-8-4)5(9)10/h7-8H,1-4H3;1-2,9-10H,(H2,6,7,8). The summed E-state index contributed by atoms with van der Waals surface area (Å²) in [6.45, 7) is 6.31. The first-order chi connectivity index (χ1) is 7.95. The molecule has 8 heteroatoms. The highest BCUT2D eigenvalue weighted by atomic mass is 16.4. The van der Waals surface area contributed by atoms with Gasteiger partial charge in [0.05, 0.1) is 11.2 Å². The fourth-order valence-electron chi connectivity index (χ4n) is 0.481. The van der Waals surface area contributed by atoms with E-state index >= 15 is 0 Å². The van der Waals surface area contributed by atoms with Gasteiger partial charge in [-0.05, 0) is 27.7 Å². The molecule has 0 saturated carbocycles. The highest BCUT2D eigenvalue weighted by Gasteiger charge is 2.31. The molecule has 0 spiro atoms. The summed E-state index contributed by atoms with van der Waals surface area (Å²) < 4.78 is 0. The first-order valence-electron chi connectivity index (χ1n) is 5.33. The minimum atomic E-state index is -1.53. The topological polar surface area (TPSA) is 133 Å². The number of hydrogen-bond acceptors (Lipinski definition) is 7. The molecule has 102 valence electrons. The summed E-state index contributed by atoms with van der Waals surface area (Å²) in [5.74, 6) is 0.115. The fraction of sp³-hybridized carbons (Fsp3) is 0.600. The Bertz CT molecular complexity index is 345. The van der Waals surface area contributed by atoms with Gasteiger partial charge in [0.25, 0.3) is 0 Å². The highest BCUT2D eigenvalue weighted by Crippen LogP contribution is 2.19. The van der Waals surface area contributed by atoms with E-state index in [2.05, 4.69) is 9.97 Å². The van der Waals surface area contributed by atoms with Gasteiger partial charge in [-0.1, -0.05) is 0 Å². The van der Waals surface area contributed by atoms with Crippen molar-refractivity contribution in [3.05, 3.63) is 12.4 Å². The van der Waals surface area contributed by atoms with E-state index in [1.807, 2.05) is 0 Å². The van der Waals surface area contributed by atoms with Crippen molar-refractivity contribution >= 4 is 18.5 Å². The Morgan fingerprint density at radius 2 is 1.33 bits per heavy atom. The van der Waals surface area contributed by atoms with Gasteiger partial charge in [-0.15, -0.1) is 0 Å². The monoisotopic (exact) mass is 257 g/mol. The van der Waals surface area contributed by atoms with Gasteiger partial charge >= 0.3 is 7.12 Å². The average Bonchev–Trinajstić information content (AvgIpc) is 2.16. The van der Waals surface area contributed by atoms with E-state index in [0.29, 0.717) is 0 Å². The van der Waals surface area contributed by atoms with Gasteiger partial charge in [-0.3, -0.25) is 0 Å². The average molecular weight is 257 g/mol. The third-order valence-electron chi connectivity index (χ3n) is 2.49. The number of anilines is 1. The van der Waals surface area contributed by atoms with Crippen LogP contribution in [0.4, 0.5) is 5.95 Å². The Morgan fingerprint density at radius 3 is 1.56 bits per heavy atom. The van der Waals surface area contributed by atoms with E-state index in [0.717, 1.165) is 0 Å². The van der Waals surface area contributed by atoms with Crippen molar-refractivity contribution in [1.29, 1.82) is 0 Å². The Morgan fingerprint density at radius 1 is 1.00 bits per heavy atom.